The molecule has 3 heterocycles. The number of rotatable bonds is 4. The average Bonchev–Trinajstić information content (AvgIpc) is 3.31. The minimum absolute atomic E-state index is 0.0849. The summed E-state index contributed by atoms with van der Waals surface area (Å²) >= 11 is 0. The molecule has 3 aromatic heterocycles. The van der Waals surface area contributed by atoms with Crippen LogP contribution in [0.2, 0.25) is 0 Å². The Bertz CT molecular complexity index is 920. The highest BCUT2D eigenvalue weighted by Crippen LogP contribution is 2.18. The van der Waals surface area contributed by atoms with Crippen molar-refractivity contribution in [3.05, 3.63) is 60.2 Å². The minimum atomic E-state index is -0.481. The quantitative estimate of drug-likeness (QED) is 0.582. The van der Waals surface area contributed by atoms with Crippen molar-refractivity contribution in [3.63, 3.8) is 0 Å². The van der Waals surface area contributed by atoms with E-state index < -0.39 is 5.97 Å². The molecule has 0 amide bonds. The molecule has 0 fully saturated rings. The van der Waals surface area contributed by atoms with E-state index in [1.807, 2.05) is 24.3 Å². The van der Waals surface area contributed by atoms with Gasteiger partial charge >= 0.3 is 5.97 Å². The van der Waals surface area contributed by atoms with Crippen LogP contribution < -0.4 is 0 Å². The Labute approximate surface area is 129 Å². The molecule has 0 saturated heterocycles. The molecule has 0 aliphatic rings. The largest absolute Gasteiger partial charge is 0.459 e. The summed E-state index contributed by atoms with van der Waals surface area (Å²) in [5, 5.41) is 4.69. The van der Waals surface area contributed by atoms with Gasteiger partial charge in [0.15, 0.2) is 12.4 Å². The van der Waals surface area contributed by atoms with Crippen molar-refractivity contribution in [3.8, 4) is 11.7 Å². The van der Waals surface area contributed by atoms with Crippen molar-refractivity contribution in [1.82, 2.24) is 15.1 Å². The van der Waals surface area contributed by atoms with E-state index in [-0.39, 0.29) is 18.3 Å². The molecule has 0 unspecified atom stereocenters. The molecule has 0 atom stereocenters. The summed E-state index contributed by atoms with van der Waals surface area (Å²) in [7, 11) is 0. The van der Waals surface area contributed by atoms with Gasteiger partial charge < -0.3 is 18.7 Å². The second kappa shape index (κ2) is 5.45. The monoisotopic (exact) mass is 309 g/mol. The number of fused-ring (bicyclic) bond motifs is 1. The number of furan rings is 1. The van der Waals surface area contributed by atoms with Crippen LogP contribution in [0.3, 0.4) is 0 Å². The van der Waals surface area contributed by atoms with Gasteiger partial charge in [-0.25, -0.2) is 4.79 Å². The SMILES string of the molecule is O=C(OCc1noc(-c2ccco2)n1)c1cc2ccccc2[nH]1. The maximum atomic E-state index is 12.1. The first kappa shape index (κ1) is 13.3. The van der Waals surface area contributed by atoms with E-state index >= 15 is 0 Å². The van der Waals surface area contributed by atoms with Crippen LogP contribution in [-0.4, -0.2) is 21.1 Å². The Morgan fingerprint density at radius 2 is 2.13 bits per heavy atom. The number of nitrogens with zero attached hydrogens (tertiary/aromatic N) is 2. The van der Waals surface area contributed by atoms with Crippen LogP contribution in [-0.2, 0) is 11.3 Å². The number of carbonyl (C=O) groups excluding carboxylic acids is 1. The van der Waals surface area contributed by atoms with E-state index in [1.54, 1.807) is 18.2 Å². The first-order chi connectivity index (χ1) is 11.3. The molecule has 23 heavy (non-hydrogen) atoms. The first-order valence-electron chi connectivity index (χ1n) is 6.91. The molecule has 0 spiro atoms. The molecule has 4 rings (SSSR count). The summed E-state index contributed by atoms with van der Waals surface area (Å²) in [6.07, 6.45) is 1.51. The lowest BCUT2D eigenvalue weighted by atomic mass is 10.2. The second-order valence-electron chi connectivity index (χ2n) is 4.84. The highest BCUT2D eigenvalue weighted by molar-refractivity contribution is 5.94. The number of H-pyrrole nitrogens is 1. The molecule has 114 valence electrons. The smallest absolute Gasteiger partial charge is 0.355 e. The van der Waals surface area contributed by atoms with Gasteiger partial charge in [0.1, 0.15) is 5.69 Å². The van der Waals surface area contributed by atoms with E-state index in [9.17, 15) is 4.79 Å². The predicted octanol–water partition coefficient (Wildman–Crippen LogP) is 3.17. The Kier molecular flexibility index (Phi) is 3.16. The third-order valence-electron chi connectivity index (χ3n) is 3.28. The van der Waals surface area contributed by atoms with E-state index in [1.165, 1.54) is 6.26 Å². The Hall–Kier alpha value is -3.35. The second-order valence-corrected chi connectivity index (χ2v) is 4.84. The van der Waals surface area contributed by atoms with Crippen LogP contribution in [0.15, 0.2) is 57.7 Å². The van der Waals surface area contributed by atoms with Gasteiger partial charge in [0.05, 0.1) is 6.26 Å². The molecule has 0 aliphatic carbocycles. The number of hydrogen-bond donors (Lipinski definition) is 1. The van der Waals surface area contributed by atoms with Crippen LogP contribution in [0.5, 0.6) is 0 Å². The molecule has 7 nitrogen and oxygen atoms in total. The van der Waals surface area contributed by atoms with Gasteiger partial charge in [-0.2, -0.15) is 4.98 Å². The molecular weight excluding hydrogens is 298 g/mol. The van der Waals surface area contributed by atoms with Crippen molar-refractivity contribution in [2.24, 2.45) is 0 Å². The molecular formula is C16H11N3O4. The number of aromatic nitrogens is 3. The third-order valence-corrected chi connectivity index (χ3v) is 3.28. The average molecular weight is 309 g/mol. The van der Waals surface area contributed by atoms with Gasteiger partial charge in [-0.05, 0) is 24.3 Å². The summed E-state index contributed by atoms with van der Waals surface area (Å²) < 4.78 is 15.4. The van der Waals surface area contributed by atoms with Gasteiger partial charge in [0.2, 0.25) is 5.82 Å². The van der Waals surface area contributed by atoms with Gasteiger partial charge in [-0.15, -0.1) is 0 Å². The summed E-state index contributed by atoms with van der Waals surface area (Å²) in [4.78, 5) is 19.2. The van der Waals surface area contributed by atoms with Crippen LogP contribution >= 0.6 is 0 Å². The van der Waals surface area contributed by atoms with E-state index in [2.05, 4.69) is 15.1 Å². The van der Waals surface area contributed by atoms with Gasteiger partial charge in [-0.3, -0.25) is 0 Å². The van der Waals surface area contributed by atoms with Crippen molar-refractivity contribution in [1.29, 1.82) is 0 Å². The summed E-state index contributed by atoms with van der Waals surface area (Å²) in [6.45, 7) is -0.0849. The molecule has 0 radical (unpaired) electrons. The first-order valence-corrected chi connectivity index (χ1v) is 6.91. The molecule has 4 aromatic rings. The third kappa shape index (κ3) is 2.59. The molecule has 0 bridgehead atoms. The molecule has 1 N–H and O–H groups in total. The predicted molar refractivity (Wildman–Crippen MR) is 79.4 cm³/mol. The fraction of sp³-hybridized carbons (Fsp3) is 0.0625. The Balaban J connectivity index is 1.45. The zero-order valence-corrected chi connectivity index (χ0v) is 11.9. The number of aromatic amines is 1. The fourth-order valence-electron chi connectivity index (χ4n) is 2.20. The number of hydrogen-bond acceptors (Lipinski definition) is 6. The van der Waals surface area contributed by atoms with Crippen LogP contribution in [0.1, 0.15) is 16.3 Å². The van der Waals surface area contributed by atoms with Gasteiger partial charge in [-0.1, -0.05) is 23.4 Å². The minimum Gasteiger partial charge on any atom is -0.459 e. The van der Waals surface area contributed by atoms with Gasteiger partial charge in [0.25, 0.3) is 5.89 Å². The van der Waals surface area contributed by atoms with Gasteiger partial charge in [0, 0.05) is 10.9 Å². The highest BCUT2D eigenvalue weighted by atomic mass is 16.5. The highest BCUT2D eigenvalue weighted by Gasteiger charge is 2.15. The lowest BCUT2D eigenvalue weighted by Crippen LogP contribution is -2.06. The topological polar surface area (TPSA) is 94.2 Å². The van der Waals surface area contributed by atoms with Crippen molar-refractivity contribution in [2.75, 3.05) is 0 Å². The Morgan fingerprint density at radius 3 is 2.96 bits per heavy atom. The van der Waals surface area contributed by atoms with E-state index in [0.29, 0.717) is 11.5 Å². The zero-order valence-electron chi connectivity index (χ0n) is 11.9. The van der Waals surface area contributed by atoms with Crippen LogP contribution in [0.25, 0.3) is 22.6 Å². The maximum absolute atomic E-state index is 12.1. The maximum Gasteiger partial charge on any atom is 0.355 e. The summed E-state index contributed by atoms with van der Waals surface area (Å²) in [5.74, 6) is 0.490. The number of para-hydroxylation sites is 1. The molecule has 0 saturated carbocycles. The number of ether oxygens (including phenoxy) is 1. The summed E-state index contributed by atoms with van der Waals surface area (Å²) in [6, 6.07) is 12.8. The van der Waals surface area contributed by atoms with Crippen LogP contribution in [0, 0.1) is 0 Å². The standard InChI is InChI=1S/C16H11N3O4/c20-16(12-8-10-4-1-2-5-11(10)17-12)22-9-14-18-15(23-19-14)13-6-3-7-21-13/h1-8,17H,9H2. The lowest BCUT2D eigenvalue weighted by Gasteiger charge is -1.98. The molecule has 0 aliphatic heterocycles. The number of esters is 1. The number of benzene rings is 1. The lowest BCUT2D eigenvalue weighted by molar-refractivity contribution is 0.0454. The normalized spacial score (nSPS) is 11.0. The van der Waals surface area contributed by atoms with Crippen molar-refractivity contribution in [2.45, 2.75) is 6.61 Å². The molecule has 7 heteroatoms. The number of nitrogens with one attached hydrogen (secondary N) is 1. The van der Waals surface area contributed by atoms with Crippen LogP contribution in [0.4, 0.5) is 0 Å². The molecule has 1 aromatic carbocycles. The van der Waals surface area contributed by atoms with Crippen molar-refractivity contribution >= 4 is 16.9 Å². The van der Waals surface area contributed by atoms with Crippen molar-refractivity contribution < 1.29 is 18.5 Å². The zero-order chi connectivity index (χ0) is 15.6. The van der Waals surface area contributed by atoms with E-state index in [0.717, 1.165) is 10.9 Å². The summed E-state index contributed by atoms with van der Waals surface area (Å²) in [5.41, 5.74) is 1.25. The van der Waals surface area contributed by atoms with E-state index in [4.69, 9.17) is 13.7 Å². The Morgan fingerprint density at radius 1 is 1.22 bits per heavy atom. The fourth-order valence-corrected chi connectivity index (χ4v) is 2.20. The number of carbonyl (C=O) groups is 1.